The maximum atomic E-state index is 14.2. The fourth-order valence-corrected chi connectivity index (χ4v) is 8.67. The number of benzene rings is 1. The highest BCUT2D eigenvalue weighted by molar-refractivity contribution is 7.70. The van der Waals surface area contributed by atoms with Crippen LogP contribution < -0.4 is 10.9 Å². The lowest BCUT2D eigenvalue weighted by Gasteiger charge is -2.39. The van der Waals surface area contributed by atoms with E-state index in [1.165, 1.54) is 52.7 Å². The number of fused-ring (bicyclic) bond motifs is 1. The molecule has 18 heteroatoms. The quantitative estimate of drug-likeness (QED) is 0.0291. The second kappa shape index (κ2) is 21.4. The molecule has 0 spiro atoms. The number of carbonyl (C=O) groups is 3. The van der Waals surface area contributed by atoms with Crippen molar-refractivity contribution in [2.45, 2.75) is 108 Å². The Morgan fingerprint density at radius 3 is 2.45 bits per heavy atom. The summed E-state index contributed by atoms with van der Waals surface area (Å²) in [7, 11) is 3.69. The minimum atomic E-state index is -5.11. The molecule has 8 atom stereocenters. The Hall–Kier alpha value is -3.91. The van der Waals surface area contributed by atoms with Crippen LogP contribution in [-0.4, -0.2) is 95.2 Å². The van der Waals surface area contributed by atoms with Crippen molar-refractivity contribution in [1.29, 1.82) is 0 Å². The van der Waals surface area contributed by atoms with Gasteiger partial charge in [0, 0.05) is 42.4 Å². The van der Waals surface area contributed by atoms with Gasteiger partial charge in [0.25, 0.3) is 11.2 Å². The third kappa shape index (κ3) is 11.6. The number of halogens is 3. The predicted molar refractivity (Wildman–Crippen MR) is 211 cm³/mol. The lowest BCUT2D eigenvalue weighted by molar-refractivity contribution is -0.278. The fraction of sp³-hybridized carbons (Fsp3) is 0.550. The van der Waals surface area contributed by atoms with Gasteiger partial charge in [-0.3, -0.25) is 9.59 Å². The maximum absolute atomic E-state index is 14.2. The van der Waals surface area contributed by atoms with Crippen molar-refractivity contribution in [3.8, 4) is 10.6 Å². The largest absolute Gasteiger partial charge is 0.463 e. The fourth-order valence-electron chi connectivity index (χ4n) is 6.51. The van der Waals surface area contributed by atoms with Gasteiger partial charge < -0.3 is 44.6 Å². The van der Waals surface area contributed by atoms with Crippen LogP contribution in [0.1, 0.15) is 71.3 Å². The van der Waals surface area contributed by atoms with E-state index in [0.29, 0.717) is 18.5 Å². The number of aromatic amines is 1. The van der Waals surface area contributed by atoms with Crippen LogP contribution in [0.25, 0.3) is 10.6 Å². The van der Waals surface area contributed by atoms with Gasteiger partial charge >= 0.3 is 18.1 Å². The monoisotopic (exact) mass is 856 g/mol. The minimum Gasteiger partial charge on any atom is -0.463 e. The summed E-state index contributed by atoms with van der Waals surface area (Å²) in [5.41, 5.74) is -2.88. The van der Waals surface area contributed by atoms with Gasteiger partial charge in [-0.05, 0) is 38.7 Å². The molecule has 1 aromatic carbocycles. The first-order valence-corrected chi connectivity index (χ1v) is 21.2. The summed E-state index contributed by atoms with van der Waals surface area (Å²) in [6.45, 7) is 4.64. The summed E-state index contributed by atoms with van der Waals surface area (Å²) in [6, 6.07) is 6.49. The Bertz CT molecular complexity index is 1880. The van der Waals surface area contributed by atoms with Crippen molar-refractivity contribution in [1.82, 2.24) is 4.98 Å². The molecular weight excluding hydrogens is 806 g/mol. The first kappa shape index (κ1) is 46.8. The van der Waals surface area contributed by atoms with Crippen LogP contribution in [0.3, 0.4) is 0 Å². The summed E-state index contributed by atoms with van der Waals surface area (Å²) in [4.78, 5) is 53.2. The van der Waals surface area contributed by atoms with Crippen LogP contribution in [0.5, 0.6) is 0 Å². The van der Waals surface area contributed by atoms with Crippen molar-refractivity contribution in [3.63, 3.8) is 0 Å². The molecule has 1 unspecified atom stereocenters. The molecule has 1 saturated heterocycles. The van der Waals surface area contributed by atoms with E-state index in [2.05, 4.69) is 10.3 Å². The Morgan fingerprint density at radius 1 is 1.07 bits per heavy atom. The molecule has 320 valence electrons. The van der Waals surface area contributed by atoms with Crippen molar-refractivity contribution in [3.05, 3.63) is 75.4 Å². The minimum absolute atomic E-state index is 0.0579. The van der Waals surface area contributed by atoms with E-state index < -0.39 is 71.6 Å². The number of nitrogens with one attached hydrogen (secondary N) is 2. The highest BCUT2D eigenvalue weighted by Gasteiger charge is 2.64. The van der Waals surface area contributed by atoms with E-state index in [9.17, 15) is 47.7 Å². The molecule has 1 amide bonds. The zero-order chi connectivity index (χ0) is 42.6. The first-order valence-electron chi connectivity index (χ1n) is 19.0. The highest BCUT2D eigenvalue weighted by atomic mass is 32.9. The number of aliphatic hydroxyl groups excluding tert-OH is 3. The average Bonchev–Trinajstić information content (AvgIpc) is 3.75. The molecule has 0 saturated carbocycles. The molecule has 4 rings (SSSR count). The normalized spacial score (nSPS) is 21.7. The molecule has 1 fully saturated rings. The van der Waals surface area contributed by atoms with Gasteiger partial charge in [-0.15, -0.1) is 0 Å². The maximum Gasteiger partial charge on any atom is 0.432 e. The molecule has 0 aliphatic carbocycles. The molecule has 0 bridgehead atoms. The molecular formula is C40H51F3N2O11S2. The standard InChI is InChI=1S/C40H51F3N2O11S2/c1-23(25(3)56-38(52)39(53-4,40(41,42)43)27-16-9-8-10-17-27)14-13-15-26-21-55-35(34(50)33(26)49)32(48)24(2)20-30(47)54-19-12-7-5-6-11-18-29(46)45-31-36-28(22-57-58-36)44-37(31)51/h8-10,13-14,16-17,20,22-23,25-26,32-35,48-50H,5-7,11-12,15,18-19,21H2,1-4H3,(H,44,51)(H,45,46)/b14-13+,24-20+/t23?,25-,26-,32+,33+,34+,35-,39+/m0/s1. The average molecular weight is 857 g/mol. The zero-order valence-electron chi connectivity index (χ0n) is 32.7. The third-order valence-electron chi connectivity index (χ3n) is 10.2. The van der Waals surface area contributed by atoms with Gasteiger partial charge in [-0.25, -0.2) is 9.59 Å². The number of H-pyrrole nitrogens is 1. The predicted octanol–water partition coefficient (Wildman–Crippen LogP) is 6.09. The topological polar surface area (TPSA) is 194 Å². The number of amides is 1. The number of allylic oxidation sites excluding steroid dienone is 1. The number of aliphatic hydroxyl groups is 3. The summed E-state index contributed by atoms with van der Waals surface area (Å²) < 4.78 is 63.7. The van der Waals surface area contributed by atoms with Crippen molar-refractivity contribution < 1.29 is 61.8 Å². The smallest absolute Gasteiger partial charge is 0.432 e. The number of alkyl halides is 3. The summed E-state index contributed by atoms with van der Waals surface area (Å²) >= 11 is 0. The van der Waals surface area contributed by atoms with Gasteiger partial charge in [0.2, 0.25) is 5.91 Å². The Balaban J connectivity index is 1.14. The highest BCUT2D eigenvalue weighted by Crippen LogP contribution is 2.43. The lowest BCUT2D eigenvalue weighted by atomic mass is 9.86. The van der Waals surface area contributed by atoms with Crippen LogP contribution in [0.4, 0.5) is 18.9 Å². The Kier molecular flexibility index (Phi) is 17.2. The van der Waals surface area contributed by atoms with E-state index in [1.54, 1.807) is 19.1 Å². The van der Waals surface area contributed by atoms with Crippen LogP contribution in [0, 0.1) is 11.8 Å². The van der Waals surface area contributed by atoms with Crippen LogP contribution in [0.2, 0.25) is 0 Å². The van der Waals surface area contributed by atoms with Crippen LogP contribution >= 0.6 is 20.7 Å². The molecule has 13 nitrogen and oxygen atoms in total. The van der Waals surface area contributed by atoms with Crippen molar-refractivity contribution in [2.24, 2.45) is 11.8 Å². The molecule has 5 N–H and O–H groups in total. The van der Waals surface area contributed by atoms with Gasteiger partial charge in [-0.1, -0.05) is 89.4 Å². The number of ether oxygens (including phenoxy) is 4. The first-order chi connectivity index (χ1) is 27.5. The summed E-state index contributed by atoms with van der Waals surface area (Å²) in [6.07, 6.45) is -3.20. The molecule has 3 heterocycles. The van der Waals surface area contributed by atoms with E-state index in [4.69, 9.17) is 18.9 Å². The van der Waals surface area contributed by atoms with E-state index in [0.717, 1.165) is 55.2 Å². The molecule has 0 radical (unpaired) electrons. The van der Waals surface area contributed by atoms with Crippen molar-refractivity contribution >= 4 is 44.2 Å². The molecule has 0 aromatic heterocycles. The van der Waals surface area contributed by atoms with E-state index in [1.807, 2.05) is 5.38 Å². The number of aromatic nitrogens is 1. The molecule has 1 aromatic rings. The van der Waals surface area contributed by atoms with E-state index >= 15 is 0 Å². The SMILES string of the molecule is CO[C@@](C(=O)O[C@@H](C)C(C)/C=C/C[C@H]1CO[C@@H]([C@H](O)/C(C)=C/C(=O)OCCCCCCCC(=O)Nc2c3sscc-3[nH]c2=O)[C@H](O)[C@@H]1O)(c1ccccc1)C(F)(F)F. The van der Waals surface area contributed by atoms with Gasteiger partial charge in [-0.2, -0.15) is 13.2 Å². The summed E-state index contributed by atoms with van der Waals surface area (Å²) in [5, 5.41) is 37.0. The molecule has 58 heavy (non-hydrogen) atoms. The number of methoxy groups -OCH3 is 1. The zero-order valence-corrected chi connectivity index (χ0v) is 34.3. The van der Waals surface area contributed by atoms with Crippen LogP contribution in [-0.2, 0) is 38.9 Å². The molecule has 3 aliphatic rings. The van der Waals surface area contributed by atoms with Gasteiger partial charge in [0.15, 0.2) is 0 Å². The van der Waals surface area contributed by atoms with Crippen LogP contribution in [0.15, 0.2) is 64.3 Å². The number of hydrogen-bond donors (Lipinski definition) is 5. The van der Waals surface area contributed by atoms with E-state index in [-0.39, 0.29) is 43.1 Å². The van der Waals surface area contributed by atoms with Gasteiger partial charge in [0.05, 0.1) is 29.9 Å². The number of unbranched alkanes of at least 4 members (excludes halogenated alkanes) is 4. The van der Waals surface area contributed by atoms with Gasteiger partial charge in [0.1, 0.15) is 30.1 Å². The number of rotatable bonds is 20. The Morgan fingerprint density at radius 2 is 1.76 bits per heavy atom. The number of hydrogen-bond acceptors (Lipinski definition) is 13. The molecule has 3 aliphatic heterocycles. The van der Waals surface area contributed by atoms with Crippen molar-refractivity contribution in [2.75, 3.05) is 25.6 Å². The summed E-state index contributed by atoms with van der Waals surface area (Å²) in [5.74, 6) is -3.68. The lowest BCUT2D eigenvalue weighted by Crippen LogP contribution is -2.54. The number of carbonyl (C=O) groups excluding carboxylic acids is 3. The second-order valence-corrected chi connectivity index (χ2v) is 16.4. The third-order valence-corrected chi connectivity index (χ3v) is 12.3. The number of anilines is 1. The number of esters is 2. The second-order valence-electron chi connectivity index (χ2n) is 14.4. The Labute approximate surface area is 341 Å².